The number of carbonyl (C=O) groups is 1. The molecular weight excluding hydrogens is 459 g/mol. The van der Waals surface area contributed by atoms with Gasteiger partial charge in [-0.25, -0.2) is 3.21 Å². The summed E-state index contributed by atoms with van der Waals surface area (Å²) in [4.78, 5) is 10.7. The normalized spacial score (nSPS) is 17.2. The summed E-state index contributed by atoms with van der Waals surface area (Å²) in [5.74, 6) is 0. The molecule has 5 heteroatoms. The van der Waals surface area contributed by atoms with Crippen LogP contribution in [0.5, 0.6) is 0 Å². The van der Waals surface area contributed by atoms with Crippen molar-refractivity contribution in [2.75, 3.05) is 0 Å². The summed E-state index contributed by atoms with van der Waals surface area (Å²) in [7, 11) is 0. The molecule has 0 atom stereocenters. The molecule has 0 aromatic carbocycles. The number of hydrogen-bond donors (Lipinski definition) is 0. The second kappa shape index (κ2) is 4.21. The molecule has 0 aromatic rings. The van der Waals surface area contributed by atoms with Crippen molar-refractivity contribution in [2.24, 2.45) is 3.21 Å². The third-order valence-corrected chi connectivity index (χ3v) is 7.88. The van der Waals surface area contributed by atoms with Crippen molar-refractivity contribution >= 4 is 79.9 Å². The predicted octanol–water partition coefficient (Wildman–Crippen LogP) is 1.82. The first-order valence-corrected chi connectivity index (χ1v) is 7.61. The maximum absolute atomic E-state index is 10.7. The fourth-order valence-electron chi connectivity index (χ4n) is 0.270. The Labute approximate surface area is 86.5 Å². The van der Waals surface area contributed by atoms with Crippen molar-refractivity contribution in [3.05, 3.63) is 0 Å². The first-order valence-electron chi connectivity index (χ1n) is 1.99. The quantitative estimate of drug-likeness (QED) is 0.434. The second-order valence-electron chi connectivity index (χ2n) is 1.11. The molecule has 0 saturated carbocycles. The zero-order valence-corrected chi connectivity index (χ0v) is 10.6. The van der Waals surface area contributed by atoms with E-state index in [1.165, 1.54) is 0 Å². The van der Waals surface area contributed by atoms with E-state index in [2.05, 4.69) is 11.2 Å². The van der Waals surface area contributed by atoms with E-state index >= 15 is 0 Å². The molecule has 0 N–H and O–H groups in total. The zero-order valence-electron chi connectivity index (χ0n) is 4.14. The van der Waals surface area contributed by atoms with Gasteiger partial charge in [-0.05, 0) is 8.02 Å². The lowest BCUT2D eigenvalue weighted by molar-refractivity contribution is -0.103. The molecule has 1 aliphatic rings. The number of nitrogens with zero attached hydrogens (tertiary/aromatic N) is 1. The topological polar surface area (TPSA) is 29.4 Å². The van der Waals surface area contributed by atoms with Gasteiger partial charge in [0.15, 0.2) is 3.72 Å². The summed E-state index contributed by atoms with van der Waals surface area (Å²) in [5.41, 5.74) is 0. The second-order valence-corrected chi connectivity index (χ2v) is 6.21. The highest BCUT2D eigenvalue weighted by atomic mass is 127. The van der Waals surface area contributed by atoms with E-state index in [0.29, 0.717) is 0 Å². The van der Waals surface area contributed by atoms with E-state index in [-0.39, 0.29) is 45.5 Å². The van der Waals surface area contributed by atoms with Crippen molar-refractivity contribution in [3.8, 4) is 0 Å². The molecule has 0 aromatic heterocycles. The Balaban J connectivity index is 2.84. The first kappa shape index (κ1) is 8.37. The number of carbonyl (C=O) groups excluding carboxylic acids is 1. The minimum Gasteiger partial charge on any atom is -0.280 e. The zero-order chi connectivity index (χ0) is 6.69. The number of hydrogen-bond acceptors (Lipinski definition) is 2. The highest BCUT2D eigenvalue weighted by Gasteiger charge is 2.03. The van der Waals surface area contributed by atoms with Crippen LogP contribution in [0.4, 0.5) is 0 Å². The van der Waals surface area contributed by atoms with Gasteiger partial charge in [0.05, 0.1) is 0 Å². The number of rotatable bonds is 1. The van der Waals surface area contributed by atoms with Crippen LogP contribution in [0.2, 0.25) is 0 Å². The molecule has 0 aliphatic carbocycles. The molecule has 9 heavy (non-hydrogen) atoms. The Morgan fingerprint density at radius 3 is 2.78 bits per heavy atom. The Bertz CT molecular complexity index is 218. The van der Waals surface area contributed by atoms with Crippen molar-refractivity contribution in [1.82, 2.24) is 0 Å². The van der Waals surface area contributed by atoms with Gasteiger partial charge in [0.25, 0.3) is 0 Å². The lowest BCUT2D eigenvalue weighted by Crippen LogP contribution is -1.97. The molecule has 50 valence electrons. The lowest BCUT2D eigenvalue weighted by Gasteiger charge is -1.90. The Hall–Kier alpha value is 1.27. The summed E-state index contributed by atoms with van der Waals surface area (Å²) in [6, 6.07) is 0. The van der Waals surface area contributed by atoms with Crippen LogP contribution in [0.25, 0.3) is 0 Å². The summed E-state index contributed by atoms with van der Waals surface area (Å²) in [5, 5.41) is 0. The summed E-state index contributed by atoms with van der Waals surface area (Å²) in [6.45, 7) is 0. The van der Waals surface area contributed by atoms with E-state index in [0.717, 1.165) is 3.72 Å². The van der Waals surface area contributed by atoms with E-state index in [1.54, 1.807) is 22.6 Å². The van der Waals surface area contributed by atoms with Gasteiger partial charge < -0.3 is 0 Å². The Morgan fingerprint density at radius 1 is 1.67 bits per heavy atom. The van der Waals surface area contributed by atoms with Gasteiger partial charge in [0, 0.05) is 43.6 Å². The van der Waals surface area contributed by atoms with Crippen LogP contribution >= 0.6 is 64.3 Å². The van der Waals surface area contributed by atoms with E-state index in [4.69, 9.17) is 0 Å². The van der Waals surface area contributed by atoms with Crippen molar-refractivity contribution in [3.63, 3.8) is 0 Å². The molecule has 0 saturated heterocycles. The summed E-state index contributed by atoms with van der Waals surface area (Å²) in [6.07, 6.45) is 0. The van der Waals surface area contributed by atoms with Crippen LogP contribution in [0.3, 0.4) is 0 Å². The maximum atomic E-state index is 10.7. The molecule has 0 bridgehead atoms. The largest absolute Gasteiger partial charge is 0.280 e. The fourth-order valence-corrected chi connectivity index (χ4v) is 6.35. The SMILES string of the molecule is O=C(I)C1=NI=CC=I1. The molecule has 0 radical (unpaired) electrons. The average Bonchev–Trinajstić information content (AvgIpc) is 1.90. The monoisotopic (exact) mass is 461 g/mol. The van der Waals surface area contributed by atoms with E-state index < -0.39 is 0 Å². The van der Waals surface area contributed by atoms with Crippen LogP contribution in [-0.2, 0) is 4.79 Å². The van der Waals surface area contributed by atoms with Gasteiger partial charge in [-0.1, -0.05) is 20.7 Å². The standard InChI is InChI=1S/C4H2I3NO/c5-3(9)4-6-1-2-7-8-4/h1-2H. The highest BCUT2D eigenvalue weighted by Crippen LogP contribution is 2.14. The fraction of sp³-hybridized carbons (Fsp3) is 0. The highest BCUT2D eigenvalue weighted by molar-refractivity contribution is 14.2. The third kappa shape index (κ3) is 2.78. The average molecular weight is 461 g/mol. The van der Waals surface area contributed by atoms with Gasteiger partial charge >= 0.3 is 0 Å². The van der Waals surface area contributed by atoms with E-state index in [9.17, 15) is 4.79 Å². The Kier molecular flexibility index (Phi) is 3.92. The van der Waals surface area contributed by atoms with Crippen LogP contribution in [0, 0.1) is 0 Å². The van der Waals surface area contributed by atoms with Crippen LogP contribution in [0.1, 0.15) is 0 Å². The molecule has 0 fully saturated rings. The minimum absolute atomic E-state index is 0.143. The molecule has 1 heterocycles. The van der Waals surface area contributed by atoms with Gasteiger partial charge in [-0.3, -0.25) is 4.79 Å². The predicted molar refractivity (Wildman–Crippen MR) is 66.6 cm³/mol. The van der Waals surface area contributed by atoms with Gasteiger partial charge in [0.2, 0.25) is 3.79 Å². The van der Waals surface area contributed by atoms with Crippen LogP contribution in [-0.4, -0.2) is 15.5 Å². The Morgan fingerprint density at radius 2 is 2.44 bits per heavy atom. The lowest BCUT2D eigenvalue weighted by atomic mass is 10.9. The van der Waals surface area contributed by atoms with Gasteiger partial charge in [-0.15, -0.1) is 0 Å². The summed E-state index contributed by atoms with van der Waals surface area (Å²) < 4.78 is 9.41. The van der Waals surface area contributed by atoms with Crippen molar-refractivity contribution in [2.45, 2.75) is 0 Å². The molecule has 0 amide bonds. The maximum Gasteiger partial charge on any atom is 0.246 e. The first-order chi connectivity index (χ1) is 4.30. The third-order valence-electron chi connectivity index (χ3n) is 0.555. The molecule has 1 aliphatic heterocycles. The molecule has 2 nitrogen and oxygen atoms in total. The smallest absolute Gasteiger partial charge is 0.246 e. The molecule has 1 rings (SSSR count). The number of halogens is 3. The minimum atomic E-state index is -0.152. The van der Waals surface area contributed by atoms with Crippen molar-refractivity contribution in [1.29, 1.82) is 0 Å². The molecule has 0 spiro atoms. The molecular formula is C4H2I3NO. The van der Waals surface area contributed by atoms with Crippen LogP contribution in [0.15, 0.2) is 3.21 Å². The van der Waals surface area contributed by atoms with Gasteiger partial charge in [0.1, 0.15) is 0 Å². The van der Waals surface area contributed by atoms with Crippen molar-refractivity contribution < 1.29 is 4.79 Å². The summed E-state index contributed by atoms with van der Waals surface area (Å²) >= 11 is 1.50. The van der Waals surface area contributed by atoms with Crippen LogP contribution < -0.4 is 0 Å². The van der Waals surface area contributed by atoms with E-state index in [1.807, 2.05) is 0 Å². The molecule has 0 unspecified atom stereocenters. The van der Waals surface area contributed by atoms with Gasteiger partial charge in [-0.2, -0.15) is 0 Å².